The number of hydrogen-bond acceptors (Lipinski definition) is 4. The first-order valence-corrected chi connectivity index (χ1v) is 13.0. The van der Waals surface area contributed by atoms with Gasteiger partial charge in [-0.05, 0) is 98.6 Å². The summed E-state index contributed by atoms with van der Waals surface area (Å²) in [5.41, 5.74) is 8.08. The molecule has 0 unspecified atom stereocenters. The molecule has 3 aromatic rings. The van der Waals surface area contributed by atoms with Crippen molar-refractivity contribution in [1.29, 1.82) is 0 Å². The third-order valence-corrected chi connectivity index (χ3v) is 8.35. The lowest BCUT2D eigenvalue weighted by molar-refractivity contribution is 0.279. The molecule has 0 spiro atoms. The van der Waals surface area contributed by atoms with Crippen LogP contribution in [0.1, 0.15) is 67.2 Å². The zero-order chi connectivity index (χ0) is 19.9. The van der Waals surface area contributed by atoms with Crippen LogP contribution in [0.3, 0.4) is 0 Å². The zero-order valence-corrected chi connectivity index (χ0v) is 18.6. The first-order valence-electron chi connectivity index (χ1n) is 11.8. The van der Waals surface area contributed by atoms with E-state index >= 15 is 0 Å². The average molecular weight is 423 g/mol. The predicted molar refractivity (Wildman–Crippen MR) is 124 cm³/mol. The molecule has 1 aliphatic heterocycles. The minimum Gasteiger partial charge on any atom is -0.407 e. The fraction of sp³-hybridized carbons (Fsp3) is 0.520. The Morgan fingerprint density at radius 2 is 1.17 bits per heavy atom. The maximum absolute atomic E-state index is 6.59. The quantitative estimate of drug-likeness (QED) is 0.483. The second kappa shape index (κ2) is 8.07. The molecule has 2 heterocycles. The largest absolute Gasteiger partial charge is 0.407 e. The highest BCUT2D eigenvalue weighted by atomic mass is 31.1. The van der Waals surface area contributed by atoms with E-state index in [1.165, 1.54) is 90.8 Å². The molecule has 0 amide bonds. The van der Waals surface area contributed by atoms with Crippen LogP contribution in [0.2, 0.25) is 0 Å². The molecule has 1 aromatic heterocycles. The number of aryl methyl sites for hydroxylation is 4. The summed E-state index contributed by atoms with van der Waals surface area (Å²) < 4.78 is 13.2. The molecule has 1 N–H and O–H groups in total. The van der Waals surface area contributed by atoms with Crippen LogP contribution in [0.5, 0.6) is 0 Å². The van der Waals surface area contributed by atoms with Crippen molar-refractivity contribution in [2.75, 3.05) is 18.3 Å². The first-order chi connectivity index (χ1) is 14.9. The lowest BCUT2D eigenvalue weighted by Crippen LogP contribution is -2.33. The summed E-state index contributed by atoms with van der Waals surface area (Å²) in [5, 5.41) is 8.57. The SMILES string of the molecule is c1cc2op(NN3CCCCC3)oc3ccc4c(c3c2c2c1CCCC2)CCCC4. The van der Waals surface area contributed by atoms with Gasteiger partial charge in [0.25, 0.3) is 0 Å². The van der Waals surface area contributed by atoms with E-state index in [0.29, 0.717) is 0 Å². The van der Waals surface area contributed by atoms with E-state index in [2.05, 4.69) is 34.5 Å². The van der Waals surface area contributed by atoms with Gasteiger partial charge in [-0.15, -0.1) is 5.20 Å². The van der Waals surface area contributed by atoms with E-state index in [0.717, 1.165) is 37.1 Å². The Balaban J connectivity index is 1.64. The highest BCUT2D eigenvalue weighted by Crippen LogP contribution is 2.41. The number of hydrogen-bond donors (Lipinski definition) is 1. The Morgan fingerprint density at radius 3 is 1.73 bits per heavy atom. The molecule has 1 saturated heterocycles. The number of piperidine rings is 1. The van der Waals surface area contributed by atoms with Gasteiger partial charge in [0.15, 0.2) is 0 Å². The van der Waals surface area contributed by atoms with Crippen LogP contribution in [-0.4, -0.2) is 18.1 Å². The van der Waals surface area contributed by atoms with Crippen LogP contribution in [0.4, 0.5) is 0 Å². The van der Waals surface area contributed by atoms with Crippen molar-refractivity contribution in [3.63, 3.8) is 0 Å². The smallest absolute Gasteiger partial charge is 0.321 e. The summed E-state index contributed by atoms with van der Waals surface area (Å²) >= 11 is 0. The van der Waals surface area contributed by atoms with Crippen LogP contribution in [-0.2, 0) is 25.7 Å². The third kappa shape index (κ3) is 3.39. The normalized spacial score (nSPS) is 19.6. The Bertz CT molecular complexity index is 1050. The molecule has 1 fully saturated rings. The fourth-order valence-electron chi connectivity index (χ4n) is 5.66. The zero-order valence-electron chi connectivity index (χ0n) is 17.7. The van der Waals surface area contributed by atoms with Gasteiger partial charge >= 0.3 is 8.16 Å². The minimum absolute atomic E-state index is 1.02. The van der Waals surface area contributed by atoms with Crippen LogP contribution >= 0.6 is 8.16 Å². The van der Waals surface area contributed by atoms with Crippen molar-refractivity contribution < 1.29 is 8.39 Å². The second-order valence-electron chi connectivity index (χ2n) is 9.15. The fourth-order valence-corrected chi connectivity index (χ4v) is 6.87. The van der Waals surface area contributed by atoms with Gasteiger partial charge in [-0.3, -0.25) is 0 Å². The predicted octanol–water partition coefficient (Wildman–Crippen LogP) is 6.99. The molecule has 5 heteroatoms. The van der Waals surface area contributed by atoms with Crippen molar-refractivity contribution in [3.8, 4) is 0 Å². The minimum atomic E-state index is -1.25. The molecule has 2 aromatic carbocycles. The molecule has 3 aliphatic rings. The Labute approximate surface area is 179 Å². The topological polar surface area (TPSA) is 41.6 Å². The number of nitrogens with zero attached hydrogens (tertiary/aromatic N) is 1. The molecule has 158 valence electrons. The van der Waals surface area contributed by atoms with Gasteiger partial charge in [-0.1, -0.05) is 18.6 Å². The van der Waals surface area contributed by atoms with Gasteiger partial charge < -0.3 is 8.39 Å². The Hall–Kier alpha value is -1.74. The Morgan fingerprint density at radius 1 is 0.633 bits per heavy atom. The summed E-state index contributed by atoms with van der Waals surface area (Å²) in [5.74, 6) is 0. The third-order valence-electron chi connectivity index (χ3n) is 7.18. The van der Waals surface area contributed by atoms with Gasteiger partial charge in [0.1, 0.15) is 11.2 Å². The lowest BCUT2D eigenvalue weighted by Gasteiger charge is -2.25. The van der Waals surface area contributed by atoms with Gasteiger partial charge in [0, 0.05) is 23.9 Å². The molecule has 2 aliphatic carbocycles. The summed E-state index contributed by atoms with van der Waals surface area (Å²) in [7, 11) is -1.25. The van der Waals surface area contributed by atoms with E-state index in [1.54, 1.807) is 0 Å². The molecular formula is C25H31N2O2P. The van der Waals surface area contributed by atoms with Crippen LogP contribution in [0.15, 0.2) is 32.7 Å². The summed E-state index contributed by atoms with van der Waals surface area (Å²) in [6.45, 7) is 2.14. The van der Waals surface area contributed by atoms with E-state index < -0.39 is 8.16 Å². The maximum atomic E-state index is 6.59. The number of fused-ring (bicyclic) bond motifs is 7. The molecule has 6 rings (SSSR count). The van der Waals surface area contributed by atoms with Crippen molar-refractivity contribution >= 4 is 30.1 Å². The molecule has 4 nitrogen and oxygen atoms in total. The molecule has 0 saturated carbocycles. The number of hydrazine groups is 1. The second-order valence-corrected chi connectivity index (χ2v) is 10.2. The summed E-state index contributed by atoms with van der Waals surface area (Å²) in [6.07, 6.45) is 13.6. The van der Waals surface area contributed by atoms with Gasteiger partial charge in [-0.2, -0.15) is 0 Å². The van der Waals surface area contributed by atoms with Crippen molar-refractivity contribution in [2.24, 2.45) is 0 Å². The van der Waals surface area contributed by atoms with E-state index in [9.17, 15) is 0 Å². The number of benzene rings is 2. The van der Waals surface area contributed by atoms with Crippen LogP contribution < -0.4 is 5.20 Å². The number of rotatable bonds is 2. The highest BCUT2D eigenvalue weighted by Gasteiger charge is 2.22. The van der Waals surface area contributed by atoms with E-state index in [1.807, 2.05) is 0 Å². The van der Waals surface area contributed by atoms with Crippen molar-refractivity contribution in [1.82, 2.24) is 5.01 Å². The standard InChI is InChI=1S/C25H31N2O2P/c1-6-16-27(17-7-1)26-30-28-22-14-12-18-8-2-4-10-20(18)24(22)25-21-11-5-3-9-19(21)13-15-23(25)29-30/h12-15,26H,1-11,16-17H2. The average Bonchev–Trinajstić information content (AvgIpc) is 2.96. The molecule has 0 atom stereocenters. The highest BCUT2D eigenvalue weighted by molar-refractivity contribution is 7.38. The van der Waals surface area contributed by atoms with Crippen molar-refractivity contribution in [2.45, 2.75) is 70.6 Å². The first kappa shape index (κ1) is 19.0. The monoisotopic (exact) mass is 422 g/mol. The van der Waals surface area contributed by atoms with E-state index in [4.69, 9.17) is 8.39 Å². The lowest BCUT2D eigenvalue weighted by atomic mass is 9.84. The maximum Gasteiger partial charge on any atom is 0.321 e. The van der Waals surface area contributed by atoms with Gasteiger partial charge in [0.05, 0.1) is 0 Å². The molecule has 0 bridgehead atoms. The van der Waals surface area contributed by atoms with Crippen molar-refractivity contribution in [3.05, 3.63) is 46.5 Å². The summed E-state index contributed by atoms with van der Waals surface area (Å²) in [4.78, 5) is 0. The molecular weight excluding hydrogens is 391 g/mol. The molecule has 30 heavy (non-hydrogen) atoms. The summed E-state index contributed by atoms with van der Waals surface area (Å²) in [6, 6.07) is 9.05. The van der Waals surface area contributed by atoms with Crippen LogP contribution in [0, 0.1) is 0 Å². The molecule has 0 radical (unpaired) electrons. The Kier molecular flexibility index (Phi) is 5.11. The number of nitrogens with one attached hydrogen (secondary N) is 1. The van der Waals surface area contributed by atoms with E-state index in [-0.39, 0.29) is 0 Å². The van der Waals surface area contributed by atoms with Gasteiger partial charge in [0.2, 0.25) is 0 Å². The van der Waals surface area contributed by atoms with Gasteiger partial charge in [-0.25, -0.2) is 5.01 Å². The van der Waals surface area contributed by atoms with Crippen LogP contribution in [0.25, 0.3) is 21.9 Å².